The Hall–Kier alpha value is -3.59. The molecule has 6 nitrogen and oxygen atoms in total. The highest BCUT2D eigenvalue weighted by atomic mass is 16.5. The van der Waals surface area contributed by atoms with Gasteiger partial charge in [-0.05, 0) is 31.2 Å². The number of hydrogen-bond acceptors (Lipinski definition) is 5. The Bertz CT molecular complexity index is 954. The molecule has 1 heterocycles. The Morgan fingerprint density at radius 1 is 1.19 bits per heavy atom. The summed E-state index contributed by atoms with van der Waals surface area (Å²) in [6.07, 6.45) is 5.16. The summed E-state index contributed by atoms with van der Waals surface area (Å²) in [6.45, 7) is 2.42. The van der Waals surface area contributed by atoms with Crippen molar-refractivity contribution in [2.45, 2.75) is 13.5 Å². The molecule has 27 heavy (non-hydrogen) atoms. The van der Waals surface area contributed by atoms with Crippen molar-refractivity contribution in [3.05, 3.63) is 65.5 Å². The van der Waals surface area contributed by atoms with Crippen LogP contribution in [0.4, 0.5) is 0 Å². The van der Waals surface area contributed by atoms with Gasteiger partial charge in [0.1, 0.15) is 12.4 Å². The fourth-order valence-electron chi connectivity index (χ4n) is 2.45. The van der Waals surface area contributed by atoms with Gasteiger partial charge in [0.05, 0.1) is 6.54 Å². The number of hydrogen-bond donors (Lipinski definition) is 0. The molecule has 0 N–H and O–H groups in total. The summed E-state index contributed by atoms with van der Waals surface area (Å²) in [6, 6.07) is 14.6. The molecule has 3 rings (SSSR count). The summed E-state index contributed by atoms with van der Waals surface area (Å²) < 4.78 is 10.6. The number of ether oxygens (including phenoxy) is 1. The molecular weight excluding hydrogens is 342 g/mol. The van der Waals surface area contributed by atoms with E-state index in [9.17, 15) is 4.79 Å². The van der Waals surface area contributed by atoms with Crippen LogP contribution in [0.3, 0.4) is 0 Å². The summed E-state index contributed by atoms with van der Waals surface area (Å²) in [5.74, 6) is 3.73. The van der Waals surface area contributed by atoms with Crippen LogP contribution in [0.1, 0.15) is 21.8 Å². The Morgan fingerprint density at radius 3 is 2.56 bits per heavy atom. The molecule has 0 aliphatic carbocycles. The Kier molecular flexibility index (Phi) is 5.53. The van der Waals surface area contributed by atoms with Gasteiger partial charge in [-0.2, -0.15) is 4.98 Å². The van der Waals surface area contributed by atoms with Crippen molar-refractivity contribution < 1.29 is 14.1 Å². The molecule has 0 radical (unpaired) electrons. The van der Waals surface area contributed by atoms with Crippen molar-refractivity contribution in [1.82, 2.24) is 15.0 Å². The first-order valence-corrected chi connectivity index (χ1v) is 8.38. The lowest BCUT2D eigenvalue weighted by molar-refractivity contribution is 0.0769. The van der Waals surface area contributed by atoms with Crippen LogP contribution in [-0.4, -0.2) is 34.6 Å². The first-order valence-electron chi connectivity index (χ1n) is 8.38. The summed E-state index contributed by atoms with van der Waals surface area (Å²) >= 11 is 0. The van der Waals surface area contributed by atoms with Gasteiger partial charge in [0.2, 0.25) is 11.7 Å². The Balaban J connectivity index is 1.64. The van der Waals surface area contributed by atoms with Crippen LogP contribution in [0.15, 0.2) is 53.1 Å². The third-order valence-electron chi connectivity index (χ3n) is 3.92. The van der Waals surface area contributed by atoms with Crippen LogP contribution < -0.4 is 4.74 Å². The minimum absolute atomic E-state index is 0.159. The van der Waals surface area contributed by atoms with Gasteiger partial charge < -0.3 is 14.2 Å². The van der Waals surface area contributed by atoms with E-state index >= 15 is 0 Å². The third kappa shape index (κ3) is 4.53. The summed E-state index contributed by atoms with van der Waals surface area (Å²) in [7, 11) is 1.68. The molecule has 0 saturated carbocycles. The highest BCUT2D eigenvalue weighted by Crippen LogP contribution is 2.18. The molecule has 2 aromatic carbocycles. The van der Waals surface area contributed by atoms with Crippen molar-refractivity contribution in [1.29, 1.82) is 0 Å². The van der Waals surface area contributed by atoms with E-state index in [-0.39, 0.29) is 19.1 Å². The van der Waals surface area contributed by atoms with Crippen LogP contribution in [-0.2, 0) is 6.54 Å². The average Bonchev–Trinajstić information content (AvgIpc) is 3.15. The van der Waals surface area contributed by atoms with Gasteiger partial charge in [-0.3, -0.25) is 4.79 Å². The molecule has 0 bridgehead atoms. The number of carbonyl (C=O) groups is 1. The summed E-state index contributed by atoms with van der Waals surface area (Å²) in [5, 5.41) is 3.98. The molecule has 136 valence electrons. The standard InChI is InChI=1S/C21H19N3O3/c1-4-13-26-18-11-9-17(10-12-18)21(25)24(3)14-19-22-20(23-27-19)16-7-5-15(2)6-8-16/h1,5-12H,13-14H2,2-3H3. The second-order valence-corrected chi connectivity index (χ2v) is 6.06. The average molecular weight is 361 g/mol. The second kappa shape index (κ2) is 8.19. The summed E-state index contributed by atoms with van der Waals surface area (Å²) in [5.41, 5.74) is 2.56. The zero-order chi connectivity index (χ0) is 19.2. The molecule has 0 saturated heterocycles. The number of aryl methyl sites for hydroxylation is 1. The van der Waals surface area contributed by atoms with Gasteiger partial charge in [-0.15, -0.1) is 6.42 Å². The molecule has 0 fully saturated rings. The Morgan fingerprint density at radius 2 is 1.89 bits per heavy atom. The number of nitrogens with zero attached hydrogens (tertiary/aromatic N) is 3. The van der Waals surface area contributed by atoms with E-state index in [1.165, 1.54) is 4.90 Å². The quantitative estimate of drug-likeness (QED) is 0.630. The van der Waals surface area contributed by atoms with Crippen LogP contribution in [0.5, 0.6) is 5.75 Å². The van der Waals surface area contributed by atoms with Crippen LogP contribution in [0.2, 0.25) is 0 Å². The normalized spacial score (nSPS) is 10.3. The minimum atomic E-state index is -0.159. The van der Waals surface area contributed by atoms with Gasteiger partial charge in [0, 0.05) is 18.2 Å². The number of aromatic nitrogens is 2. The van der Waals surface area contributed by atoms with E-state index in [1.54, 1.807) is 31.3 Å². The van der Waals surface area contributed by atoms with Crippen molar-refractivity contribution in [2.75, 3.05) is 13.7 Å². The van der Waals surface area contributed by atoms with Crippen LogP contribution >= 0.6 is 0 Å². The number of amides is 1. The van der Waals surface area contributed by atoms with E-state index in [4.69, 9.17) is 15.7 Å². The number of benzene rings is 2. The fraction of sp³-hybridized carbons (Fsp3) is 0.190. The van der Waals surface area contributed by atoms with Crippen LogP contribution in [0.25, 0.3) is 11.4 Å². The fourth-order valence-corrected chi connectivity index (χ4v) is 2.45. The van der Waals surface area contributed by atoms with E-state index in [0.717, 1.165) is 11.1 Å². The highest BCUT2D eigenvalue weighted by molar-refractivity contribution is 5.94. The molecule has 1 aromatic heterocycles. The molecular formula is C21H19N3O3. The molecule has 6 heteroatoms. The molecule has 0 spiro atoms. The topological polar surface area (TPSA) is 68.5 Å². The number of rotatable bonds is 6. The van der Waals surface area contributed by atoms with Gasteiger partial charge in [-0.25, -0.2) is 0 Å². The third-order valence-corrected chi connectivity index (χ3v) is 3.92. The molecule has 3 aromatic rings. The monoisotopic (exact) mass is 361 g/mol. The SMILES string of the molecule is C#CCOc1ccc(C(=O)N(C)Cc2nc(-c3ccc(C)cc3)no2)cc1. The lowest BCUT2D eigenvalue weighted by Crippen LogP contribution is -2.26. The van der Waals surface area contributed by atoms with Gasteiger partial charge in [0.15, 0.2) is 0 Å². The molecule has 0 aliphatic heterocycles. The zero-order valence-electron chi connectivity index (χ0n) is 15.2. The molecule has 1 amide bonds. The van der Waals surface area contributed by atoms with Gasteiger partial charge in [-0.1, -0.05) is 40.9 Å². The minimum Gasteiger partial charge on any atom is -0.481 e. The number of carbonyl (C=O) groups excluding carboxylic acids is 1. The molecule has 0 atom stereocenters. The summed E-state index contributed by atoms with van der Waals surface area (Å²) in [4.78, 5) is 18.4. The predicted octanol–water partition coefficient (Wildman–Crippen LogP) is 3.33. The van der Waals surface area contributed by atoms with Crippen molar-refractivity contribution in [3.63, 3.8) is 0 Å². The van der Waals surface area contributed by atoms with E-state index in [1.807, 2.05) is 31.2 Å². The maximum atomic E-state index is 12.6. The predicted molar refractivity (Wildman–Crippen MR) is 101 cm³/mol. The van der Waals surface area contributed by atoms with Crippen LogP contribution in [0, 0.1) is 19.3 Å². The van der Waals surface area contributed by atoms with E-state index < -0.39 is 0 Å². The van der Waals surface area contributed by atoms with Crippen molar-refractivity contribution >= 4 is 5.91 Å². The largest absolute Gasteiger partial charge is 0.481 e. The van der Waals surface area contributed by atoms with Gasteiger partial charge in [0.25, 0.3) is 5.91 Å². The maximum Gasteiger partial charge on any atom is 0.254 e. The zero-order valence-corrected chi connectivity index (χ0v) is 15.2. The number of terminal acetylenes is 1. The lowest BCUT2D eigenvalue weighted by Gasteiger charge is -2.15. The van der Waals surface area contributed by atoms with E-state index in [0.29, 0.717) is 23.0 Å². The van der Waals surface area contributed by atoms with Crippen molar-refractivity contribution in [3.8, 4) is 29.5 Å². The first kappa shape index (κ1) is 18.2. The van der Waals surface area contributed by atoms with Crippen molar-refractivity contribution in [2.24, 2.45) is 0 Å². The first-order chi connectivity index (χ1) is 13.1. The molecule has 0 unspecified atom stereocenters. The van der Waals surface area contributed by atoms with E-state index in [2.05, 4.69) is 16.1 Å². The second-order valence-electron chi connectivity index (χ2n) is 6.06. The highest BCUT2D eigenvalue weighted by Gasteiger charge is 2.16. The molecule has 0 aliphatic rings. The smallest absolute Gasteiger partial charge is 0.254 e. The lowest BCUT2D eigenvalue weighted by atomic mass is 10.1. The Labute approximate surface area is 157 Å². The van der Waals surface area contributed by atoms with Gasteiger partial charge >= 0.3 is 0 Å². The maximum absolute atomic E-state index is 12.6.